The molecule has 3 rings (SSSR count). The van der Waals surface area contributed by atoms with Crippen molar-refractivity contribution in [3.8, 4) is 0 Å². The van der Waals surface area contributed by atoms with Crippen LogP contribution < -0.4 is 5.46 Å². The van der Waals surface area contributed by atoms with E-state index in [1.807, 2.05) is 32.9 Å². The Bertz CT molecular complexity index is 694. The average Bonchev–Trinajstić information content (AvgIpc) is 3.09. The van der Waals surface area contributed by atoms with Gasteiger partial charge in [0.2, 0.25) is 0 Å². The van der Waals surface area contributed by atoms with E-state index in [-0.39, 0.29) is 24.4 Å². The van der Waals surface area contributed by atoms with Crippen LogP contribution in [0.25, 0.3) is 0 Å². The molecule has 27 heavy (non-hydrogen) atoms. The van der Waals surface area contributed by atoms with Crippen molar-refractivity contribution in [3.63, 3.8) is 0 Å². The van der Waals surface area contributed by atoms with E-state index < -0.39 is 5.60 Å². The van der Waals surface area contributed by atoms with Crippen LogP contribution in [-0.4, -0.2) is 48.0 Å². The number of rotatable bonds is 2. The molecule has 1 atom stereocenters. The Labute approximate surface area is 163 Å². The quantitative estimate of drug-likeness (QED) is 0.742. The van der Waals surface area contributed by atoms with Crippen LogP contribution in [0.3, 0.4) is 0 Å². The topological polar surface area (TPSA) is 48.0 Å². The number of carbonyl (C=O) groups excluding carboxylic acids is 1. The number of amides is 1. The number of nitrogens with zero attached hydrogens (tertiary/aromatic N) is 1. The van der Waals surface area contributed by atoms with E-state index in [4.69, 9.17) is 14.0 Å². The van der Waals surface area contributed by atoms with Gasteiger partial charge in [-0.2, -0.15) is 0 Å². The normalized spacial score (nSPS) is 24.3. The zero-order valence-corrected chi connectivity index (χ0v) is 17.7. The maximum Gasteiger partial charge on any atom is 0.494 e. The third-order valence-electron chi connectivity index (χ3n) is 5.75. The van der Waals surface area contributed by atoms with Crippen molar-refractivity contribution in [2.75, 3.05) is 13.1 Å². The van der Waals surface area contributed by atoms with Crippen LogP contribution >= 0.6 is 0 Å². The van der Waals surface area contributed by atoms with Crippen LogP contribution in [0.5, 0.6) is 0 Å². The molecule has 5 nitrogen and oxygen atoms in total. The third-order valence-corrected chi connectivity index (χ3v) is 5.75. The summed E-state index contributed by atoms with van der Waals surface area (Å²) in [5.41, 5.74) is 1.07. The predicted octanol–water partition coefficient (Wildman–Crippen LogP) is 3.71. The minimum absolute atomic E-state index is 0.230. The molecule has 1 aromatic carbocycles. The van der Waals surface area contributed by atoms with Crippen molar-refractivity contribution in [3.05, 3.63) is 29.8 Å². The van der Waals surface area contributed by atoms with Gasteiger partial charge in [0.1, 0.15) is 5.60 Å². The molecule has 2 saturated heterocycles. The van der Waals surface area contributed by atoms with Crippen LogP contribution in [0.4, 0.5) is 4.79 Å². The van der Waals surface area contributed by atoms with Gasteiger partial charge in [-0.15, -0.1) is 0 Å². The minimum atomic E-state index is -0.466. The lowest BCUT2D eigenvalue weighted by Gasteiger charge is -2.32. The van der Waals surface area contributed by atoms with Gasteiger partial charge in [-0.05, 0) is 65.9 Å². The number of hydrogen-bond acceptors (Lipinski definition) is 4. The smallest absolute Gasteiger partial charge is 0.444 e. The SMILES string of the molecule is CC(C)(C)OC(=O)N1CCC(c2cccc(B3OC(C)(C)C(C)(C)O3)c2)C1. The maximum atomic E-state index is 12.3. The second-order valence-corrected chi connectivity index (χ2v) is 9.67. The number of carbonyl (C=O) groups is 1. The summed E-state index contributed by atoms with van der Waals surface area (Å²) in [5, 5.41) is 0. The summed E-state index contributed by atoms with van der Waals surface area (Å²) in [6.45, 7) is 15.3. The molecule has 0 bridgehead atoms. The van der Waals surface area contributed by atoms with Gasteiger partial charge in [-0.3, -0.25) is 0 Å². The number of likely N-dealkylation sites (tertiary alicyclic amines) is 1. The maximum absolute atomic E-state index is 12.3. The second-order valence-electron chi connectivity index (χ2n) is 9.67. The highest BCUT2D eigenvalue weighted by atomic mass is 16.7. The number of benzene rings is 1. The van der Waals surface area contributed by atoms with E-state index in [9.17, 15) is 4.79 Å². The first kappa shape index (κ1) is 20.2. The first-order valence-electron chi connectivity index (χ1n) is 9.81. The Morgan fingerprint density at radius 2 is 1.81 bits per heavy atom. The fraction of sp³-hybridized carbons (Fsp3) is 0.667. The standard InChI is InChI=1S/C21H32BNO4/c1-19(2,3)25-18(24)23-12-11-16(14-23)15-9-8-10-17(13-15)22-26-20(4,5)21(6,7)27-22/h8-10,13,16H,11-12,14H2,1-7H3. The number of ether oxygens (including phenoxy) is 1. The summed E-state index contributed by atoms with van der Waals surface area (Å²) in [5.74, 6) is 0.305. The van der Waals surface area contributed by atoms with Crippen molar-refractivity contribution >= 4 is 18.7 Å². The Kier molecular flexibility index (Phi) is 5.11. The Balaban J connectivity index is 1.70. The predicted molar refractivity (Wildman–Crippen MR) is 107 cm³/mol. The Morgan fingerprint density at radius 1 is 1.19 bits per heavy atom. The highest BCUT2D eigenvalue weighted by Gasteiger charge is 2.51. The highest BCUT2D eigenvalue weighted by Crippen LogP contribution is 2.37. The molecule has 0 spiro atoms. The summed E-state index contributed by atoms with van der Waals surface area (Å²) >= 11 is 0. The fourth-order valence-electron chi connectivity index (χ4n) is 3.46. The van der Waals surface area contributed by atoms with Crippen LogP contribution in [0.15, 0.2) is 24.3 Å². The molecule has 0 aliphatic carbocycles. The molecule has 148 valence electrons. The summed E-state index contributed by atoms with van der Waals surface area (Å²) in [4.78, 5) is 14.1. The van der Waals surface area contributed by atoms with Gasteiger partial charge < -0.3 is 18.9 Å². The van der Waals surface area contributed by atoms with Crippen molar-refractivity contribution in [2.45, 2.75) is 77.6 Å². The summed E-state index contributed by atoms with van der Waals surface area (Å²) in [6, 6.07) is 8.38. The molecule has 2 fully saturated rings. The third kappa shape index (κ3) is 4.32. The van der Waals surface area contributed by atoms with Crippen molar-refractivity contribution < 1.29 is 18.8 Å². The van der Waals surface area contributed by atoms with E-state index in [1.54, 1.807) is 4.90 Å². The van der Waals surface area contributed by atoms with Crippen molar-refractivity contribution in [1.29, 1.82) is 0 Å². The Hall–Kier alpha value is -1.53. The molecular weight excluding hydrogens is 341 g/mol. The summed E-state index contributed by atoms with van der Waals surface area (Å²) in [6.07, 6.45) is 0.707. The zero-order chi connectivity index (χ0) is 20.0. The number of hydrogen-bond donors (Lipinski definition) is 0. The van der Waals surface area contributed by atoms with Gasteiger partial charge in [0.15, 0.2) is 0 Å². The average molecular weight is 373 g/mol. The van der Waals surface area contributed by atoms with Gasteiger partial charge in [-0.25, -0.2) is 4.79 Å². The van der Waals surface area contributed by atoms with E-state index in [1.165, 1.54) is 5.56 Å². The van der Waals surface area contributed by atoms with E-state index in [0.29, 0.717) is 12.5 Å². The molecule has 2 heterocycles. The first-order valence-corrected chi connectivity index (χ1v) is 9.81. The molecule has 0 saturated carbocycles. The monoisotopic (exact) mass is 373 g/mol. The van der Waals surface area contributed by atoms with Gasteiger partial charge in [0, 0.05) is 19.0 Å². The van der Waals surface area contributed by atoms with Crippen LogP contribution in [0.2, 0.25) is 0 Å². The van der Waals surface area contributed by atoms with Crippen LogP contribution in [-0.2, 0) is 14.0 Å². The molecule has 6 heteroatoms. The zero-order valence-electron chi connectivity index (χ0n) is 17.7. The fourth-order valence-corrected chi connectivity index (χ4v) is 3.46. The van der Waals surface area contributed by atoms with Gasteiger partial charge in [-0.1, -0.05) is 24.3 Å². The lowest BCUT2D eigenvalue weighted by Crippen LogP contribution is -2.41. The summed E-state index contributed by atoms with van der Waals surface area (Å²) in [7, 11) is -0.363. The van der Waals surface area contributed by atoms with Gasteiger partial charge in [0.25, 0.3) is 0 Å². The first-order chi connectivity index (χ1) is 12.4. The molecule has 1 unspecified atom stereocenters. The van der Waals surface area contributed by atoms with E-state index >= 15 is 0 Å². The molecule has 2 aliphatic rings. The highest BCUT2D eigenvalue weighted by molar-refractivity contribution is 6.62. The molecule has 0 aromatic heterocycles. The lowest BCUT2D eigenvalue weighted by atomic mass is 9.77. The van der Waals surface area contributed by atoms with Gasteiger partial charge in [0.05, 0.1) is 11.2 Å². The van der Waals surface area contributed by atoms with E-state index in [2.05, 4.69) is 39.8 Å². The van der Waals surface area contributed by atoms with Gasteiger partial charge >= 0.3 is 13.2 Å². The minimum Gasteiger partial charge on any atom is -0.444 e. The largest absolute Gasteiger partial charge is 0.494 e. The summed E-state index contributed by atoms with van der Waals surface area (Å²) < 4.78 is 17.9. The Morgan fingerprint density at radius 3 is 2.41 bits per heavy atom. The second kappa shape index (κ2) is 6.82. The molecule has 2 aliphatic heterocycles. The molecular formula is C21H32BNO4. The van der Waals surface area contributed by atoms with Crippen LogP contribution in [0.1, 0.15) is 66.4 Å². The molecule has 0 N–H and O–H groups in total. The van der Waals surface area contributed by atoms with E-state index in [0.717, 1.165) is 18.4 Å². The molecule has 1 aromatic rings. The molecule has 1 amide bonds. The molecule has 0 radical (unpaired) electrons. The van der Waals surface area contributed by atoms with Crippen molar-refractivity contribution in [1.82, 2.24) is 4.90 Å². The lowest BCUT2D eigenvalue weighted by molar-refractivity contribution is 0.00578. The van der Waals surface area contributed by atoms with Crippen molar-refractivity contribution in [2.24, 2.45) is 0 Å². The van der Waals surface area contributed by atoms with Crippen LogP contribution in [0, 0.1) is 0 Å².